The Morgan fingerprint density at radius 1 is 1.07 bits per heavy atom. The van der Waals surface area contributed by atoms with Crippen LogP contribution in [0.15, 0.2) is 18.2 Å². The molecule has 0 heterocycles. The lowest BCUT2D eigenvalue weighted by Gasteiger charge is -2.02. The zero-order chi connectivity index (χ0) is 11.3. The van der Waals surface area contributed by atoms with Crippen LogP contribution < -0.4 is 0 Å². The monoisotopic (exact) mass is 208 g/mol. The highest BCUT2D eigenvalue weighted by molar-refractivity contribution is 5.62. The van der Waals surface area contributed by atoms with Gasteiger partial charge in [-0.25, -0.2) is 0 Å². The average molecular weight is 208 g/mol. The number of hydrogen-bond donors (Lipinski definition) is 3. The fourth-order valence-corrected chi connectivity index (χ4v) is 1.25. The lowest BCUT2D eigenvalue weighted by atomic mass is 10.1. The number of hydrogen-bond acceptors (Lipinski definition) is 3. The van der Waals surface area contributed by atoms with E-state index in [1.807, 2.05) is 6.08 Å². The highest BCUT2D eigenvalue weighted by Gasteiger charge is 2.04. The van der Waals surface area contributed by atoms with Gasteiger partial charge in [-0.3, -0.25) is 0 Å². The number of aromatic hydroxyl groups is 3. The predicted molar refractivity (Wildman–Crippen MR) is 60.0 cm³/mol. The normalized spacial score (nSPS) is 11.0. The van der Waals surface area contributed by atoms with Crippen molar-refractivity contribution in [3.8, 4) is 17.2 Å². The third kappa shape index (κ3) is 3.20. The Labute approximate surface area is 89.3 Å². The Morgan fingerprint density at radius 3 is 2.40 bits per heavy atom. The smallest absolute Gasteiger partial charge is 0.161 e. The van der Waals surface area contributed by atoms with E-state index >= 15 is 0 Å². The molecule has 0 amide bonds. The van der Waals surface area contributed by atoms with Crippen LogP contribution in [0.5, 0.6) is 17.2 Å². The Kier molecular flexibility index (Phi) is 4.03. The van der Waals surface area contributed by atoms with Crippen LogP contribution >= 0.6 is 0 Å². The summed E-state index contributed by atoms with van der Waals surface area (Å²) in [5, 5.41) is 27.8. The molecule has 0 fully saturated rings. The van der Waals surface area contributed by atoms with Gasteiger partial charge in [-0.1, -0.05) is 31.9 Å². The molecule has 3 heteroatoms. The van der Waals surface area contributed by atoms with Crippen molar-refractivity contribution in [3.63, 3.8) is 0 Å². The van der Waals surface area contributed by atoms with Gasteiger partial charge in [0, 0.05) is 11.6 Å². The molecule has 0 spiro atoms. The highest BCUT2D eigenvalue weighted by atomic mass is 16.3. The molecule has 0 unspecified atom stereocenters. The Hall–Kier alpha value is -1.64. The van der Waals surface area contributed by atoms with Crippen molar-refractivity contribution in [3.05, 3.63) is 23.8 Å². The fraction of sp³-hybridized carbons (Fsp3) is 0.333. The molecule has 3 nitrogen and oxygen atoms in total. The van der Waals surface area contributed by atoms with E-state index in [-0.39, 0.29) is 17.2 Å². The van der Waals surface area contributed by atoms with Crippen molar-refractivity contribution in [2.24, 2.45) is 0 Å². The first kappa shape index (κ1) is 11.4. The lowest BCUT2D eigenvalue weighted by molar-refractivity contribution is 0.396. The summed E-state index contributed by atoms with van der Waals surface area (Å²) in [4.78, 5) is 0. The van der Waals surface area contributed by atoms with Gasteiger partial charge >= 0.3 is 0 Å². The standard InChI is InChI=1S/C12H16O3/c1-2-3-4-5-6-9-7-11(14)12(15)8-10(9)13/h5-8,13-15H,2-4H2,1H3/b6-5+. The number of unbranched alkanes of at least 4 members (excludes halogenated alkanes) is 2. The molecule has 0 aromatic heterocycles. The molecule has 1 aromatic rings. The molecule has 0 aliphatic carbocycles. The largest absolute Gasteiger partial charge is 0.507 e. The summed E-state index contributed by atoms with van der Waals surface area (Å²) in [5.41, 5.74) is 0.515. The van der Waals surface area contributed by atoms with E-state index in [9.17, 15) is 10.2 Å². The second-order valence-electron chi connectivity index (χ2n) is 3.44. The van der Waals surface area contributed by atoms with Gasteiger partial charge < -0.3 is 15.3 Å². The molecule has 1 rings (SSSR count). The molecule has 0 aliphatic rings. The second kappa shape index (κ2) is 5.29. The van der Waals surface area contributed by atoms with Crippen LogP contribution in [0.4, 0.5) is 0 Å². The Balaban J connectivity index is 2.77. The molecule has 1 aromatic carbocycles. The summed E-state index contributed by atoms with van der Waals surface area (Å²) in [6.45, 7) is 2.11. The minimum Gasteiger partial charge on any atom is -0.507 e. The third-order valence-electron chi connectivity index (χ3n) is 2.15. The van der Waals surface area contributed by atoms with Crippen LogP contribution in [0, 0.1) is 0 Å². The van der Waals surface area contributed by atoms with Crippen LogP contribution in [-0.2, 0) is 0 Å². The number of allylic oxidation sites excluding steroid dienone is 1. The number of rotatable bonds is 4. The second-order valence-corrected chi connectivity index (χ2v) is 3.44. The summed E-state index contributed by atoms with van der Waals surface area (Å²) in [6, 6.07) is 2.47. The first-order chi connectivity index (χ1) is 7.15. The van der Waals surface area contributed by atoms with Crippen molar-refractivity contribution in [1.82, 2.24) is 0 Å². The van der Waals surface area contributed by atoms with E-state index in [0.29, 0.717) is 5.56 Å². The van der Waals surface area contributed by atoms with Crippen molar-refractivity contribution < 1.29 is 15.3 Å². The van der Waals surface area contributed by atoms with Crippen molar-refractivity contribution in [2.75, 3.05) is 0 Å². The summed E-state index contributed by atoms with van der Waals surface area (Å²) in [7, 11) is 0. The summed E-state index contributed by atoms with van der Waals surface area (Å²) < 4.78 is 0. The molecule has 82 valence electrons. The van der Waals surface area contributed by atoms with Gasteiger partial charge in [0.15, 0.2) is 11.5 Å². The molecule has 15 heavy (non-hydrogen) atoms. The van der Waals surface area contributed by atoms with E-state index in [4.69, 9.17) is 5.11 Å². The summed E-state index contributed by atoms with van der Waals surface area (Å²) in [5.74, 6) is -0.556. The van der Waals surface area contributed by atoms with Crippen LogP contribution in [0.3, 0.4) is 0 Å². The maximum absolute atomic E-state index is 9.45. The van der Waals surface area contributed by atoms with Gasteiger partial charge in [0.1, 0.15) is 5.75 Å². The van der Waals surface area contributed by atoms with Crippen LogP contribution in [0.25, 0.3) is 6.08 Å². The van der Waals surface area contributed by atoms with Gasteiger partial charge in [-0.05, 0) is 12.5 Å². The zero-order valence-electron chi connectivity index (χ0n) is 8.77. The number of phenolic OH excluding ortho intramolecular Hbond substituents is 3. The minimum atomic E-state index is -0.307. The molecule has 0 saturated carbocycles. The molecule has 0 aliphatic heterocycles. The number of phenols is 3. The van der Waals surface area contributed by atoms with E-state index in [2.05, 4.69) is 6.92 Å². The predicted octanol–water partition coefficient (Wildman–Crippen LogP) is 3.01. The maximum Gasteiger partial charge on any atom is 0.161 e. The van der Waals surface area contributed by atoms with E-state index in [1.54, 1.807) is 6.08 Å². The SMILES string of the molecule is CCCC/C=C/c1cc(O)c(O)cc1O. The van der Waals surface area contributed by atoms with Crippen molar-refractivity contribution in [2.45, 2.75) is 26.2 Å². The van der Waals surface area contributed by atoms with Crippen LogP contribution in [0.1, 0.15) is 31.7 Å². The molecular weight excluding hydrogens is 192 g/mol. The van der Waals surface area contributed by atoms with Gasteiger partial charge in [0.25, 0.3) is 0 Å². The van der Waals surface area contributed by atoms with E-state index in [0.717, 1.165) is 25.3 Å². The summed E-state index contributed by atoms with van der Waals surface area (Å²) in [6.07, 6.45) is 6.84. The van der Waals surface area contributed by atoms with Gasteiger partial charge in [-0.2, -0.15) is 0 Å². The van der Waals surface area contributed by atoms with Gasteiger partial charge in [0.05, 0.1) is 0 Å². The molecule has 0 bridgehead atoms. The number of benzene rings is 1. The Bertz CT molecular complexity index is 356. The highest BCUT2D eigenvalue weighted by Crippen LogP contribution is 2.32. The van der Waals surface area contributed by atoms with Gasteiger partial charge in [-0.15, -0.1) is 0 Å². The quantitative estimate of drug-likeness (QED) is 0.405. The fourth-order valence-electron chi connectivity index (χ4n) is 1.25. The summed E-state index contributed by atoms with van der Waals surface area (Å²) >= 11 is 0. The van der Waals surface area contributed by atoms with Crippen molar-refractivity contribution in [1.29, 1.82) is 0 Å². The molecule has 0 radical (unpaired) electrons. The maximum atomic E-state index is 9.45. The molecule has 0 saturated heterocycles. The molecule has 0 atom stereocenters. The Morgan fingerprint density at radius 2 is 1.73 bits per heavy atom. The van der Waals surface area contributed by atoms with E-state index in [1.165, 1.54) is 6.07 Å². The topological polar surface area (TPSA) is 60.7 Å². The van der Waals surface area contributed by atoms with E-state index < -0.39 is 0 Å². The third-order valence-corrected chi connectivity index (χ3v) is 2.15. The molecule has 3 N–H and O–H groups in total. The van der Waals surface area contributed by atoms with Crippen molar-refractivity contribution >= 4 is 6.08 Å². The molecular formula is C12H16O3. The zero-order valence-corrected chi connectivity index (χ0v) is 8.77. The minimum absolute atomic E-state index is 0.0296. The van der Waals surface area contributed by atoms with Crippen LogP contribution in [-0.4, -0.2) is 15.3 Å². The average Bonchev–Trinajstić information content (AvgIpc) is 2.20. The van der Waals surface area contributed by atoms with Gasteiger partial charge in [0.2, 0.25) is 0 Å². The lowest BCUT2D eigenvalue weighted by Crippen LogP contribution is -1.76. The first-order valence-corrected chi connectivity index (χ1v) is 5.06. The van der Waals surface area contributed by atoms with Crippen LogP contribution in [0.2, 0.25) is 0 Å². The first-order valence-electron chi connectivity index (χ1n) is 5.06.